The highest BCUT2D eigenvalue weighted by molar-refractivity contribution is 6.35. The lowest BCUT2D eigenvalue weighted by molar-refractivity contribution is -0.144. The van der Waals surface area contributed by atoms with Crippen molar-refractivity contribution >= 4 is 29.2 Å². The molecule has 19 heavy (non-hydrogen) atoms. The molecule has 1 unspecified atom stereocenters. The van der Waals surface area contributed by atoms with Gasteiger partial charge in [0.05, 0.1) is 7.11 Å². The van der Waals surface area contributed by atoms with Crippen molar-refractivity contribution in [1.29, 1.82) is 0 Å². The van der Waals surface area contributed by atoms with Crippen LogP contribution in [0.3, 0.4) is 0 Å². The maximum absolute atomic E-state index is 11.8. The minimum absolute atomic E-state index is 0.366. The first-order valence-electron chi connectivity index (χ1n) is 5.62. The SMILES string of the molecule is COC(=O)C(Cc1ccc(Cl)cc1Cl)n1cccn1. The summed E-state index contributed by atoms with van der Waals surface area (Å²) in [6.07, 6.45) is 3.72. The normalized spacial score (nSPS) is 12.2. The lowest BCUT2D eigenvalue weighted by atomic mass is 10.1. The number of carbonyl (C=O) groups excluding carboxylic acids is 1. The molecule has 0 radical (unpaired) electrons. The number of aromatic nitrogens is 2. The predicted molar refractivity (Wildman–Crippen MR) is 73.4 cm³/mol. The predicted octanol–water partition coefficient (Wildman–Crippen LogP) is 3.15. The lowest BCUT2D eigenvalue weighted by Gasteiger charge is -2.16. The van der Waals surface area contributed by atoms with Gasteiger partial charge in [0.15, 0.2) is 6.04 Å². The Hall–Kier alpha value is -1.52. The molecule has 4 nitrogen and oxygen atoms in total. The topological polar surface area (TPSA) is 44.1 Å². The van der Waals surface area contributed by atoms with Gasteiger partial charge in [-0.05, 0) is 23.8 Å². The molecular weight excluding hydrogens is 287 g/mol. The van der Waals surface area contributed by atoms with E-state index in [1.807, 2.05) is 0 Å². The van der Waals surface area contributed by atoms with Crippen LogP contribution in [-0.4, -0.2) is 22.9 Å². The van der Waals surface area contributed by atoms with Crippen LogP contribution in [0.15, 0.2) is 36.7 Å². The van der Waals surface area contributed by atoms with Gasteiger partial charge in [-0.3, -0.25) is 4.68 Å². The van der Waals surface area contributed by atoms with Gasteiger partial charge >= 0.3 is 5.97 Å². The van der Waals surface area contributed by atoms with Gasteiger partial charge in [0, 0.05) is 28.9 Å². The molecule has 0 spiro atoms. The molecule has 1 heterocycles. The highest BCUT2D eigenvalue weighted by atomic mass is 35.5. The van der Waals surface area contributed by atoms with E-state index in [0.29, 0.717) is 16.5 Å². The number of carbonyl (C=O) groups is 1. The van der Waals surface area contributed by atoms with E-state index in [1.54, 1.807) is 41.3 Å². The maximum Gasteiger partial charge on any atom is 0.331 e. The summed E-state index contributed by atoms with van der Waals surface area (Å²) >= 11 is 12.0. The van der Waals surface area contributed by atoms with Crippen molar-refractivity contribution in [3.8, 4) is 0 Å². The van der Waals surface area contributed by atoms with Gasteiger partial charge < -0.3 is 4.74 Å². The summed E-state index contributed by atoms with van der Waals surface area (Å²) in [5.41, 5.74) is 0.817. The molecule has 2 aromatic rings. The number of hydrogen-bond acceptors (Lipinski definition) is 3. The Morgan fingerprint density at radius 3 is 2.84 bits per heavy atom. The molecule has 0 saturated heterocycles. The van der Waals surface area contributed by atoms with E-state index in [1.165, 1.54) is 7.11 Å². The molecule has 0 N–H and O–H groups in total. The van der Waals surface area contributed by atoms with Gasteiger partial charge in [-0.25, -0.2) is 4.79 Å². The fourth-order valence-corrected chi connectivity index (χ4v) is 2.27. The minimum Gasteiger partial charge on any atom is -0.467 e. The van der Waals surface area contributed by atoms with Crippen LogP contribution in [0.4, 0.5) is 0 Å². The maximum atomic E-state index is 11.8. The average Bonchev–Trinajstić information content (AvgIpc) is 2.91. The first kappa shape index (κ1) is 13.9. The monoisotopic (exact) mass is 298 g/mol. The Morgan fingerprint density at radius 1 is 1.47 bits per heavy atom. The zero-order valence-corrected chi connectivity index (χ0v) is 11.7. The van der Waals surface area contributed by atoms with Gasteiger partial charge in [-0.1, -0.05) is 29.3 Å². The number of benzene rings is 1. The van der Waals surface area contributed by atoms with Crippen molar-refractivity contribution in [2.75, 3.05) is 7.11 Å². The highest BCUT2D eigenvalue weighted by Gasteiger charge is 2.23. The standard InChI is InChI=1S/C13H12Cl2N2O2/c1-19-13(18)12(17-6-2-5-16-17)7-9-3-4-10(14)8-11(9)15/h2-6,8,12H,7H2,1H3. The molecule has 0 aliphatic rings. The molecular formula is C13H12Cl2N2O2. The van der Waals surface area contributed by atoms with Crippen molar-refractivity contribution in [3.63, 3.8) is 0 Å². The molecule has 0 amide bonds. The van der Waals surface area contributed by atoms with Gasteiger partial charge in [0.1, 0.15) is 0 Å². The third kappa shape index (κ3) is 3.28. The molecule has 6 heteroatoms. The van der Waals surface area contributed by atoms with Crippen LogP contribution >= 0.6 is 23.2 Å². The second-order valence-electron chi connectivity index (χ2n) is 3.96. The first-order chi connectivity index (χ1) is 9.11. The largest absolute Gasteiger partial charge is 0.467 e. The van der Waals surface area contributed by atoms with E-state index >= 15 is 0 Å². The van der Waals surface area contributed by atoms with E-state index in [-0.39, 0.29) is 5.97 Å². The quantitative estimate of drug-likeness (QED) is 0.815. The smallest absolute Gasteiger partial charge is 0.331 e. The van der Waals surface area contributed by atoms with Crippen LogP contribution in [0.2, 0.25) is 10.0 Å². The Morgan fingerprint density at radius 2 is 2.26 bits per heavy atom. The van der Waals surface area contributed by atoms with E-state index in [9.17, 15) is 4.79 Å². The number of halogens is 2. The van der Waals surface area contributed by atoms with Crippen molar-refractivity contribution in [1.82, 2.24) is 9.78 Å². The zero-order valence-electron chi connectivity index (χ0n) is 10.2. The molecule has 0 aliphatic heterocycles. The number of hydrogen-bond donors (Lipinski definition) is 0. The Kier molecular flexibility index (Phi) is 4.45. The van der Waals surface area contributed by atoms with Crippen LogP contribution in [-0.2, 0) is 16.0 Å². The Bertz CT molecular complexity index is 570. The summed E-state index contributed by atoms with van der Waals surface area (Å²) in [6.45, 7) is 0. The van der Waals surface area contributed by atoms with E-state index < -0.39 is 6.04 Å². The van der Waals surface area contributed by atoms with Gasteiger partial charge in [0.25, 0.3) is 0 Å². The zero-order chi connectivity index (χ0) is 13.8. The van der Waals surface area contributed by atoms with Crippen LogP contribution in [0.5, 0.6) is 0 Å². The molecule has 1 aromatic carbocycles. The van der Waals surface area contributed by atoms with Gasteiger partial charge in [-0.15, -0.1) is 0 Å². The van der Waals surface area contributed by atoms with Crippen molar-refractivity contribution in [2.45, 2.75) is 12.5 Å². The van der Waals surface area contributed by atoms with Crippen LogP contribution in [0.25, 0.3) is 0 Å². The fourth-order valence-electron chi connectivity index (χ4n) is 1.78. The summed E-state index contributed by atoms with van der Waals surface area (Å²) in [7, 11) is 1.35. The summed E-state index contributed by atoms with van der Waals surface area (Å²) in [6, 6.07) is 6.39. The molecule has 1 aromatic heterocycles. The average molecular weight is 299 g/mol. The lowest BCUT2D eigenvalue weighted by Crippen LogP contribution is -2.23. The molecule has 2 rings (SSSR count). The van der Waals surface area contributed by atoms with E-state index in [4.69, 9.17) is 27.9 Å². The Balaban J connectivity index is 2.28. The van der Waals surface area contributed by atoms with Crippen molar-refractivity contribution in [2.24, 2.45) is 0 Å². The Labute approximate surface area is 120 Å². The summed E-state index contributed by atoms with van der Waals surface area (Å²) in [4.78, 5) is 11.8. The minimum atomic E-state index is -0.543. The van der Waals surface area contributed by atoms with Gasteiger partial charge in [0.2, 0.25) is 0 Å². The van der Waals surface area contributed by atoms with E-state index in [2.05, 4.69) is 5.10 Å². The third-order valence-corrected chi connectivity index (χ3v) is 3.33. The molecule has 1 atom stereocenters. The first-order valence-corrected chi connectivity index (χ1v) is 6.38. The number of rotatable bonds is 4. The van der Waals surface area contributed by atoms with Gasteiger partial charge in [-0.2, -0.15) is 5.10 Å². The second kappa shape index (κ2) is 6.08. The number of esters is 1. The number of nitrogens with zero attached hydrogens (tertiary/aromatic N) is 2. The van der Waals surface area contributed by atoms with E-state index in [0.717, 1.165) is 5.56 Å². The van der Waals surface area contributed by atoms with Crippen molar-refractivity contribution < 1.29 is 9.53 Å². The summed E-state index contributed by atoms with van der Waals surface area (Å²) < 4.78 is 6.36. The number of methoxy groups -OCH3 is 1. The van der Waals surface area contributed by atoms with Crippen molar-refractivity contribution in [3.05, 3.63) is 52.3 Å². The number of ether oxygens (including phenoxy) is 1. The molecule has 0 fully saturated rings. The molecule has 0 saturated carbocycles. The van der Waals surface area contributed by atoms with Crippen LogP contribution < -0.4 is 0 Å². The fraction of sp³-hybridized carbons (Fsp3) is 0.231. The molecule has 0 bridgehead atoms. The second-order valence-corrected chi connectivity index (χ2v) is 4.81. The molecule has 100 valence electrons. The highest BCUT2D eigenvalue weighted by Crippen LogP contribution is 2.25. The summed E-state index contributed by atoms with van der Waals surface area (Å²) in [5.74, 6) is -0.366. The van der Waals surface area contributed by atoms with Crippen LogP contribution in [0.1, 0.15) is 11.6 Å². The summed E-state index contributed by atoms with van der Waals surface area (Å²) in [5, 5.41) is 5.16. The third-order valence-electron chi connectivity index (χ3n) is 2.75. The van der Waals surface area contributed by atoms with Crippen LogP contribution in [0, 0.1) is 0 Å². The molecule has 0 aliphatic carbocycles.